The van der Waals surface area contributed by atoms with Crippen molar-refractivity contribution in [3.05, 3.63) is 23.0 Å². The molecule has 0 aromatic carbocycles. The maximum Gasteiger partial charge on any atom is 0.308 e. The first kappa shape index (κ1) is 14.9. The van der Waals surface area contributed by atoms with Gasteiger partial charge in [-0.05, 0) is 32.8 Å². The number of aromatic nitrogens is 1. The van der Waals surface area contributed by atoms with E-state index in [1.807, 2.05) is 18.4 Å². The molecule has 5 nitrogen and oxygen atoms in total. The lowest BCUT2D eigenvalue weighted by atomic mass is 9.98. The van der Waals surface area contributed by atoms with Gasteiger partial charge < -0.3 is 14.6 Å². The molecule has 1 fully saturated rings. The Morgan fingerprint density at radius 1 is 1.45 bits per heavy atom. The maximum atomic E-state index is 12.6. The fraction of sp³-hybridized carbons (Fsp3) is 0.571. The third kappa shape index (κ3) is 2.98. The minimum Gasteiger partial charge on any atom is -0.481 e. The Hall–Kier alpha value is -1.49. The van der Waals surface area contributed by atoms with Gasteiger partial charge in [0.2, 0.25) is 0 Å². The van der Waals surface area contributed by atoms with Crippen LogP contribution in [0.3, 0.4) is 0 Å². The lowest BCUT2D eigenvalue weighted by Gasteiger charge is -2.31. The fourth-order valence-electron chi connectivity index (χ4n) is 2.57. The van der Waals surface area contributed by atoms with E-state index in [-0.39, 0.29) is 18.5 Å². The molecule has 0 bridgehead atoms. The number of piperidine rings is 1. The second kappa shape index (κ2) is 5.87. The Bertz CT molecular complexity index is 524. The van der Waals surface area contributed by atoms with Crippen LogP contribution in [0.2, 0.25) is 5.02 Å². The van der Waals surface area contributed by atoms with E-state index in [1.54, 1.807) is 17.2 Å². The van der Waals surface area contributed by atoms with Crippen molar-refractivity contribution >= 4 is 23.5 Å². The average molecular weight is 299 g/mol. The summed E-state index contributed by atoms with van der Waals surface area (Å²) in [7, 11) is 0. The average Bonchev–Trinajstić information content (AvgIpc) is 2.80. The quantitative estimate of drug-likeness (QED) is 0.933. The molecule has 0 spiro atoms. The van der Waals surface area contributed by atoms with Gasteiger partial charge in [-0.1, -0.05) is 11.6 Å². The lowest BCUT2D eigenvalue weighted by molar-refractivity contribution is -0.143. The van der Waals surface area contributed by atoms with Crippen molar-refractivity contribution in [2.75, 3.05) is 13.1 Å². The molecule has 110 valence electrons. The van der Waals surface area contributed by atoms with Gasteiger partial charge >= 0.3 is 5.97 Å². The minimum absolute atomic E-state index is 0.126. The van der Waals surface area contributed by atoms with E-state index in [4.69, 9.17) is 16.7 Å². The van der Waals surface area contributed by atoms with Crippen LogP contribution in [0.25, 0.3) is 0 Å². The minimum atomic E-state index is -0.834. The van der Waals surface area contributed by atoms with E-state index in [9.17, 15) is 9.59 Å². The van der Waals surface area contributed by atoms with Crippen LogP contribution < -0.4 is 0 Å². The third-order valence-electron chi connectivity index (χ3n) is 3.65. The van der Waals surface area contributed by atoms with Crippen LogP contribution >= 0.6 is 11.6 Å². The smallest absolute Gasteiger partial charge is 0.308 e. The molecule has 0 unspecified atom stereocenters. The Labute approximate surface area is 123 Å². The SMILES string of the molecule is CC(C)n1cc(Cl)cc1C(=O)N1CCC[C@@H](C(=O)O)C1. The van der Waals surface area contributed by atoms with E-state index < -0.39 is 11.9 Å². The van der Waals surface area contributed by atoms with Crippen LogP contribution in [-0.4, -0.2) is 39.5 Å². The molecule has 0 aliphatic carbocycles. The molecule has 1 atom stereocenters. The molecule has 2 rings (SSSR count). The summed E-state index contributed by atoms with van der Waals surface area (Å²) in [5.41, 5.74) is 0.524. The molecular formula is C14H19ClN2O3. The number of hydrogen-bond acceptors (Lipinski definition) is 2. The monoisotopic (exact) mass is 298 g/mol. The van der Waals surface area contributed by atoms with Crippen molar-refractivity contribution in [2.24, 2.45) is 5.92 Å². The Kier molecular flexibility index (Phi) is 4.38. The number of nitrogens with zero attached hydrogens (tertiary/aromatic N) is 2. The third-order valence-corrected chi connectivity index (χ3v) is 3.86. The zero-order valence-corrected chi connectivity index (χ0v) is 12.4. The van der Waals surface area contributed by atoms with E-state index in [1.165, 1.54) is 0 Å². The van der Waals surface area contributed by atoms with Crippen molar-refractivity contribution in [2.45, 2.75) is 32.7 Å². The van der Waals surface area contributed by atoms with Crippen molar-refractivity contribution in [3.8, 4) is 0 Å². The largest absolute Gasteiger partial charge is 0.481 e. The van der Waals surface area contributed by atoms with Gasteiger partial charge in [0.05, 0.1) is 10.9 Å². The number of likely N-dealkylation sites (tertiary alicyclic amines) is 1. The van der Waals surface area contributed by atoms with E-state index in [2.05, 4.69) is 0 Å². The van der Waals surface area contributed by atoms with Crippen LogP contribution in [0.15, 0.2) is 12.3 Å². The highest BCUT2D eigenvalue weighted by atomic mass is 35.5. The van der Waals surface area contributed by atoms with Crippen molar-refractivity contribution in [1.29, 1.82) is 0 Å². The van der Waals surface area contributed by atoms with E-state index in [0.717, 1.165) is 6.42 Å². The first-order valence-electron chi connectivity index (χ1n) is 6.79. The number of rotatable bonds is 3. The van der Waals surface area contributed by atoms with Gasteiger partial charge in [-0.15, -0.1) is 0 Å². The molecule has 6 heteroatoms. The molecule has 1 aromatic heterocycles. The molecule has 1 aromatic rings. The molecule has 20 heavy (non-hydrogen) atoms. The topological polar surface area (TPSA) is 62.5 Å². The van der Waals surface area contributed by atoms with Gasteiger partial charge in [-0.3, -0.25) is 9.59 Å². The number of carboxylic acids is 1. The molecular weight excluding hydrogens is 280 g/mol. The number of aliphatic carboxylic acids is 1. The van der Waals surface area contributed by atoms with Gasteiger partial charge in [0.25, 0.3) is 5.91 Å². The predicted octanol–water partition coefficient (Wildman–Crippen LogP) is 2.66. The summed E-state index contributed by atoms with van der Waals surface area (Å²) in [5, 5.41) is 9.61. The molecule has 0 radical (unpaired) electrons. The summed E-state index contributed by atoms with van der Waals surface area (Å²) in [6.45, 7) is 4.82. The Balaban J connectivity index is 2.21. The summed E-state index contributed by atoms with van der Waals surface area (Å²) in [6.07, 6.45) is 3.09. The fourth-order valence-corrected chi connectivity index (χ4v) is 2.78. The van der Waals surface area contributed by atoms with Gasteiger partial charge in [0.1, 0.15) is 5.69 Å². The highest BCUT2D eigenvalue weighted by Crippen LogP contribution is 2.23. The number of carbonyl (C=O) groups is 2. The van der Waals surface area contributed by atoms with Crippen LogP contribution in [0.5, 0.6) is 0 Å². The highest BCUT2D eigenvalue weighted by molar-refractivity contribution is 6.31. The molecule has 2 heterocycles. The molecule has 1 aliphatic heterocycles. The zero-order chi connectivity index (χ0) is 14.9. The molecule has 0 saturated carbocycles. The van der Waals surface area contributed by atoms with Crippen LogP contribution in [0, 0.1) is 5.92 Å². The summed E-state index contributed by atoms with van der Waals surface area (Å²) in [4.78, 5) is 25.3. The van der Waals surface area contributed by atoms with E-state index >= 15 is 0 Å². The first-order chi connectivity index (χ1) is 9.40. The predicted molar refractivity (Wildman–Crippen MR) is 76.1 cm³/mol. The van der Waals surface area contributed by atoms with Gasteiger partial charge in [-0.2, -0.15) is 0 Å². The van der Waals surface area contributed by atoms with Gasteiger partial charge in [0, 0.05) is 25.3 Å². The maximum absolute atomic E-state index is 12.6. The zero-order valence-electron chi connectivity index (χ0n) is 11.7. The standard InChI is InChI=1S/C14H19ClN2O3/c1-9(2)17-8-11(15)6-12(17)13(18)16-5-3-4-10(7-16)14(19)20/h6,8-10H,3-5,7H2,1-2H3,(H,19,20)/t10-/m1/s1. The highest BCUT2D eigenvalue weighted by Gasteiger charge is 2.30. The molecule has 1 saturated heterocycles. The second-order valence-corrected chi connectivity index (χ2v) is 5.91. The van der Waals surface area contributed by atoms with Gasteiger partial charge in [0.15, 0.2) is 0 Å². The van der Waals surface area contributed by atoms with Crippen LogP contribution in [0.4, 0.5) is 0 Å². The number of amides is 1. The number of carbonyl (C=O) groups excluding carboxylic acids is 1. The van der Waals surface area contributed by atoms with Gasteiger partial charge in [-0.25, -0.2) is 0 Å². The summed E-state index contributed by atoms with van der Waals surface area (Å²) >= 11 is 5.99. The Morgan fingerprint density at radius 2 is 2.15 bits per heavy atom. The summed E-state index contributed by atoms with van der Waals surface area (Å²) in [6, 6.07) is 1.77. The van der Waals surface area contributed by atoms with Crippen molar-refractivity contribution < 1.29 is 14.7 Å². The van der Waals surface area contributed by atoms with Crippen molar-refractivity contribution in [3.63, 3.8) is 0 Å². The van der Waals surface area contributed by atoms with E-state index in [0.29, 0.717) is 23.7 Å². The number of halogens is 1. The number of carboxylic acid groups (broad SMARTS) is 1. The van der Waals surface area contributed by atoms with Crippen LogP contribution in [-0.2, 0) is 4.79 Å². The normalized spacial score (nSPS) is 19.4. The number of hydrogen-bond donors (Lipinski definition) is 1. The molecule has 1 N–H and O–H groups in total. The summed E-state index contributed by atoms with van der Waals surface area (Å²) in [5.74, 6) is -1.44. The molecule has 1 amide bonds. The Morgan fingerprint density at radius 3 is 2.75 bits per heavy atom. The second-order valence-electron chi connectivity index (χ2n) is 5.47. The van der Waals surface area contributed by atoms with Crippen molar-refractivity contribution in [1.82, 2.24) is 9.47 Å². The van der Waals surface area contributed by atoms with Crippen LogP contribution in [0.1, 0.15) is 43.2 Å². The lowest BCUT2D eigenvalue weighted by Crippen LogP contribution is -2.43. The summed E-state index contributed by atoms with van der Waals surface area (Å²) < 4.78 is 1.83. The first-order valence-corrected chi connectivity index (χ1v) is 7.17. The molecule has 1 aliphatic rings.